The number of pyridine rings is 1. The third-order valence-electron chi connectivity index (χ3n) is 5.09. The van der Waals surface area contributed by atoms with Crippen LogP contribution in [0.5, 0.6) is 0 Å². The highest BCUT2D eigenvalue weighted by atomic mass is 14.9. The molecule has 3 unspecified atom stereocenters. The Morgan fingerprint density at radius 1 is 1.24 bits per heavy atom. The molecule has 0 spiro atoms. The minimum Gasteiger partial charge on any atom is -0.314 e. The first-order valence-electron chi connectivity index (χ1n) is 8.35. The molecule has 1 saturated carbocycles. The minimum absolute atomic E-state index is 0.596. The zero-order valence-electron chi connectivity index (χ0n) is 13.2. The van der Waals surface area contributed by atoms with Gasteiger partial charge in [-0.3, -0.25) is 4.98 Å². The van der Waals surface area contributed by atoms with Gasteiger partial charge in [-0.15, -0.1) is 0 Å². The first-order chi connectivity index (χ1) is 10.3. The highest BCUT2D eigenvalue weighted by molar-refractivity contribution is 5.81. The molecule has 1 aromatic carbocycles. The van der Waals surface area contributed by atoms with Gasteiger partial charge in [0.1, 0.15) is 0 Å². The zero-order valence-corrected chi connectivity index (χ0v) is 13.2. The van der Waals surface area contributed by atoms with Crippen LogP contribution in [0.4, 0.5) is 0 Å². The molecule has 3 atom stereocenters. The number of para-hydroxylation sites is 1. The molecular formula is C19H26N2. The van der Waals surface area contributed by atoms with Gasteiger partial charge in [0.05, 0.1) is 5.52 Å². The summed E-state index contributed by atoms with van der Waals surface area (Å²) >= 11 is 0. The van der Waals surface area contributed by atoms with Gasteiger partial charge >= 0.3 is 0 Å². The Hall–Kier alpha value is -1.41. The molecule has 0 aliphatic heterocycles. The molecule has 3 rings (SSSR count). The number of fused-ring (bicyclic) bond motifs is 1. The lowest BCUT2D eigenvalue weighted by Gasteiger charge is -2.28. The normalized spacial score (nSPS) is 23.5. The summed E-state index contributed by atoms with van der Waals surface area (Å²) in [6.45, 7) is 5.70. The smallest absolute Gasteiger partial charge is 0.0704 e. The standard InChI is InChI=1S/C19H26N2/c1-3-20-19(16-9-6-7-14(16)2)13-15-11-12-21-18-10-5-4-8-17(15)18/h4-5,8,10-12,14,16,19-20H,3,6-7,9,13H2,1-2H3. The first-order valence-corrected chi connectivity index (χ1v) is 8.35. The molecule has 1 aliphatic rings. The second kappa shape index (κ2) is 6.57. The van der Waals surface area contributed by atoms with E-state index in [9.17, 15) is 0 Å². The van der Waals surface area contributed by atoms with E-state index in [1.807, 2.05) is 6.20 Å². The second-order valence-electron chi connectivity index (χ2n) is 6.43. The maximum atomic E-state index is 4.49. The third kappa shape index (κ3) is 3.11. The summed E-state index contributed by atoms with van der Waals surface area (Å²) in [7, 11) is 0. The van der Waals surface area contributed by atoms with Gasteiger partial charge < -0.3 is 5.32 Å². The molecular weight excluding hydrogens is 256 g/mol. The van der Waals surface area contributed by atoms with E-state index < -0.39 is 0 Å². The van der Waals surface area contributed by atoms with Crippen LogP contribution in [0, 0.1) is 11.8 Å². The Morgan fingerprint density at radius 2 is 2.10 bits per heavy atom. The number of aromatic nitrogens is 1. The summed E-state index contributed by atoms with van der Waals surface area (Å²) in [6, 6.07) is 11.3. The number of benzene rings is 1. The number of rotatable bonds is 5. The van der Waals surface area contributed by atoms with Crippen LogP contribution in [0.2, 0.25) is 0 Å². The second-order valence-corrected chi connectivity index (χ2v) is 6.43. The summed E-state index contributed by atoms with van der Waals surface area (Å²) < 4.78 is 0. The fraction of sp³-hybridized carbons (Fsp3) is 0.526. The molecule has 0 radical (unpaired) electrons. The van der Waals surface area contributed by atoms with Crippen LogP contribution in [0.1, 0.15) is 38.7 Å². The van der Waals surface area contributed by atoms with E-state index in [-0.39, 0.29) is 0 Å². The highest BCUT2D eigenvalue weighted by Gasteiger charge is 2.30. The zero-order chi connectivity index (χ0) is 14.7. The Bertz CT molecular complexity index is 588. The maximum Gasteiger partial charge on any atom is 0.0704 e. The van der Waals surface area contributed by atoms with E-state index in [2.05, 4.69) is 54.5 Å². The van der Waals surface area contributed by atoms with Gasteiger partial charge in [-0.05, 0) is 48.9 Å². The van der Waals surface area contributed by atoms with Crippen molar-refractivity contribution in [3.8, 4) is 0 Å². The van der Waals surface area contributed by atoms with E-state index in [0.29, 0.717) is 6.04 Å². The summed E-state index contributed by atoms with van der Waals surface area (Å²) in [5.74, 6) is 1.67. The molecule has 112 valence electrons. The third-order valence-corrected chi connectivity index (χ3v) is 5.09. The van der Waals surface area contributed by atoms with E-state index in [4.69, 9.17) is 0 Å². The summed E-state index contributed by atoms with van der Waals surface area (Å²) in [5.41, 5.74) is 2.55. The van der Waals surface area contributed by atoms with Gasteiger partial charge in [-0.2, -0.15) is 0 Å². The van der Waals surface area contributed by atoms with Gasteiger partial charge in [-0.1, -0.05) is 44.9 Å². The molecule has 2 heteroatoms. The van der Waals surface area contributed by atoms with Crippen LogP contribution in [-0.2, 0) is 6.42 Å². The van der Waals surface area contributed by atoms with Crippen LogP contribution < -0.4 is 5.32 Å². The van der Waals surface area contributed by atoms with Crippen LogP contribution in [0.25, 0.3) is 10.9 Å². The largest absolute Gasteiger partial charge is 0.314 e. The summed E-state index contributed by atoms with van der Waals surface area (Å²) in [6.07, 6.45) is 7.24. The number of nitrogens with one attached hydrogen (secondary N) is 1. The average molecular weight is 282 g/mol. The monoisotopic (exact) mass is 282 g/mol. The number of likely N-dealkylation sites (N-methyl/N-ethyl adjacent to an activating group) is 1. The molecule has 1 aromatic heterocycles. The Kier molecular flexibility index (Phi) is 4.54. The summed E-state index contributed by atoms with van der Waals surface area (Å²) in [5, 5.41) is 5.06. The number of hydrogen-bond donors (Lipinski definition) is 1. The average Bonchev–Trinajstić information content (AvgIpc) is 2.93. The van der Waals surface area contributed by atoms with Crippen LogP contribution in [0.3, 0.4) is 0 Å². The van der Waals surface area contributed by atoms with Gasteiger partial charge in [0.25, 0.3) is 0 Å². The summed E-state index contributed by atoms with van der Waals surface area (Å²) in [4.78, 5) is 4.49. The van der Waals surface area contributed by atoms with Gasteiger partial charge in [-0.25, -0.2) is 0 Å². The quantitative estimate of drug-likeness (QED) is 0.889. The van der Waals surface area contributed by atoms with Gasteiger partial charge in [0, 0.05) is 17.6 Å². The predicted octanol–water partition coefficient (Wildman–Crippen LogP) is 4.19. The van der Waals surface area contributed by atoms with Crippen molar-refractivity contribution in [2.24, 2.45) is 11.8 Å². The van der Waals surface area contributed by atoms with Crippen molar-refractivity contribution in [3.05, 3.63) is 42.1 Å². The molecule has 21 heavy (non-hydrogen) atoms. The van der Waals surface area contributed by atoms with E-state index in [1.165, 1.54) is 30.2 Å². The molecule has 1 N–H and O–H groups in total. The highest BCUT2D eigenvalue weighted by Crippen LogP contribution is 2.35. The van der Waals surface area contributed by atoms with Crippen molar-refractivity contribution in [1.82, 2.24) is 10.3 Å². The van der Waals surface area contributed by atoms with Crippen LogP contribution in [0.15, 0.2) is 36.5 Å². The Morgan fingerprint density at radius 3 is 2.86 bits per heavy atom. The predicted molar refractivity (Wildman–Crippen MR) is 89.4 cm³/mol. The van der Waals surface area contributed by atoms with Crippen molar-refractivity contribution in [3.63, 3.8) is 0 Å². The molecule has 0 amide bonds. The van der Waals surface area contributed by atoms with Crippen molar-refractivity contribution in [2.75, 3.05) is 6.54 Å². The fourth-order valence-corrected chi connectivity index (χ4v) is 3.98. The van der Waals surface area contributed by atoms with Crippen molar-refractivity contribution in [2.45, 2.75) is 45.6 Å². The van der Waals surface area contributed by atoms with Gasteiger partial charge in [0.15, 0.2) is 0 Å². The Labute approximate surface area is 128 Å². The van der Waals surface area contributed by atoms with Crippen molar-refractivity contribution < 1.29 is 0 Å². The molecule has 1 fully saturated rings. The molecule has 0 saturated heterocycles. The lowest BCUT2D eigenvalue weighted by molar-refractivity contribution is 0.299. The first kappa shape index (κ1) is 14.5. The molecule has 2 nitrogen and oxygen atoms in total. The topological polar surface area (TPSA) is 24.9 Å². The van der Waals surface area contributed by atoms with E-state index >= 15 is 0 Å². The lowest BCUT2D eigenvalue weighted by Crippen LogP contribution is -2.39. The number of hydrogen-bond acceptors (Lipinski definition) is 2. The van der Waals surface area contributed by atoms with Crippen LogP contribution >= 0.6 is 0 Å². The Balaban J connectivity index is 1.87. The SMILES string of the molecule is CCNC(Cc1ccnc2ccccc12)C1CCCC1C. The van der Waals surface area contributed by atoms with E-state index in [0.717, 1.165) is 30.3 Å². The minimum atomic E-state index is 0.596. The molecule has 0 bridgehead atoms. The van der Waals surface area contributed by atoms with Gasteiger partial charge in [0.2, 0.25) is 0 Å². The maximum absolute atomic E-state index is 4.49. The van der Waals surface area contributed by atoms with Crippen molar-refractivity contribution >= 4 is 10.9 Å². The molecule has 1 heterocycles. The molecule has 2 aromatic rings. The fourth-order valence-electron chi connectivity index (χ4n) is 3.98. The molecule has 1 aliphatic carbocycles. The lowest BCUT2D eigenvalue weighted by atomic mass is 9.86. The van der Waals surface area contributed by atoms with Crippen LogP contribution in [-0.4, -0.2) is 17.6 Å². The van der Waals surface area contributed by atoms with Crippen molar-refractivity contribution in [1.29, 1.82) is 0 Å². The number of nitrogens with zero attached hydrogens (tertiary/aromatic N) is 1. The van der Waals surface area contributed by atoms with E-state index in [1.54, 1.807) is 0 Å².